The molecule has 4 N–H and O–H groups in total. The lowest BCUT2D eigenvalue weighted by Gasteiger charge is -2.33. The molecule has 0 aliphatic carbocycles. The van der Waals surface area contributed by atoms with Crippen molar-refractivity contribution in [2.75, 3.05) is 61.0 Å². The number of hydrogen-bond acceptors (Lipinski definition) is 15. The molecular formula is C33H42N10O4S2. The minimum Gasteiger partial charge on any atom is -0.355 e. The number of amides is 2. The summed E-state index contributed by atoms with van der Waals surface area (Å²) in [6.07, 6.45) is 12.8. The van der Waals surface area contributed by atoms with Gasteiger partial charge in [0.05, 0.1) is 27.6 Å². The fourth-order valence-corrected chi connectivity index (χ4v) is 7.78. The van der Waals surface area contributed by atoms with Crippen LogP contribution in [0.3, 0.4) is 0 Å². The molecule has 16 heteroatoms. The highest BCUT2D eigenvalue weighted by molar-refractivity contribution is 8.18. The van der Waals surface area contributed by atoms with Crippen molar-refractivity contribution in [2.45, 2.75) is 63.5 Å². The summed E-state index contributed by atoms with van der Waals surface area (Å²) in [5.74, 6) is 1.69. The number of allylic oxidation sites excluding steroid dienone is 1. The molecular weight excluding hydrogens is 665 g/mol. The van der Waals surface area contributed by atoms with Crippen molar-refractivity contribution in [1.82, 2.24) is 30.6 Å². The number of nitrogens with zero attached hydrogens (tertiary/aromatic N) is 7. The van der Waals surface area contributed by atoms with Crippen molar-refractivity contribution in [1.29, 1.82) is 0 Å². The van der Waals surface area contributed by atoms with E-state index >= 15 is 0 Å². The van der Waals surface area contributed by atoms with Crippen LogP contribution in [0, 0.1) is 0 Å². The van der Waals surface area contributed by atoms with Gasteiger partial charge in [0.1, 0.15) is 5.82 Å². The van der Waals surface area contributed by atoms with E-state index in [0.717, 1.165) is 107 Å². The third-order valence-electron chi connectivity index (χ3n) is 8.95. The Morgan fingerprint density at radius 1 is 0.898 bits per heavy atom. The number of anilines is 3. The Balaban J connectivity index is 0.000000177. The molecule has 2 aromatic heterocycles. The van der Waals surface area contributed by atoms with E-state index in [1.807, 2.05) is 6.07 Å². The van der Waals surface area contributed by atoms with Crippen LogP contribution in [-0.2, 0) is 14.4 Å². The van der Waals surface area contributed by atoms with Gasteiger partial charge in [-0.3, -0.25) is 24.5 Å². The average molecular weight is 707 g/mol. The summed E-state index contributed by atoms with van der Waals surface area (Å²) in [6.45, 7) is 5.52. The zero-order valence-electron chi connectivity index (χ0n) is 27.6. The SMILES string of the molecule is CN(c1cc(/C=C2\SC(=O)NC2=O)nc(N2CCCCC2)n1)C1CCCNC1.N[C@@H]1CCCN(c2nccc(/C=C3\SC(=O)CC3=O)n2)C1. The van der Waals surface area contributed by atoms with Crippen molar-refractivity contribution >= 4 is 75.4 Å². The molecule has 2 aromatic rings. The Labute approximate surface area is 294 Å². The van der Waals surface area contributed by atoms with Crippen LogP contribution < -0.4 is 31.1 Å². The topological polar surface area (TPSA) is 180 Å². The van der Waals surface area contributed by atoms with Crippen molar-refractivity contribution in [2.24, 2.45) is 5.73 Å². The van der Waals surface area contributed by atoms with Crippen LogP contribution in [0.25, 0.3) is 12.2 Å². The fraction of sp³-hybridized carbons (Fsp3) is 0.515. The van der Waals surface area contributed by atoms with Crippen LogP contribution in [0.2, 0.25) is 0 Å². The first-order valence-electron chi connectivity index (χ1n) is 16.8. The van der Waals surface area contributed by atoms with E-state index in [4.69, 9.17) is 15.7 Å². The largest absolute Gasteiger partial charge is 0.355 e. The van der Waals surface area contributed by atoms with E-state index in [2.05, 4.69) is 42.3 Å². The molecule has 7 heterocycles. The fourth-order valence-electron chi connectivity index (χ4n) is 6.30. The summed E-state index contributed by atoms with van der Waals surface area (Å²) >= 11 is 1.91. The first-order valence-corrected chi connectivity index (χ1v) is 18.5. The molecule has 49 heavy (non-hydrogen) atoms. The highest BCUT2D eigenvalue weighted by Gasteiger charge is 2.28. The molecule has 260 valence electrons. The maximum Gasteiger partial charge on any atom is 0.290 e. The highest BCUT2D eigenvalue weighted by atomic mass is 32.2. The number of carbonyl (C=O) groups is 4. The molecule has 2 amide bonds. The summed E-state index contributed by atoms with van der Waals surface area (Å²) in [5.41, 5.74) is 7.28. The number of carbonyl (C=O) groups excluding carboxylic acids is 4. The number of piperidine rings is 3. The first-order chi connectivity index (χ1) is 23.7. The number of thioether (sulfide) groups is 2. The number of ketones is 1. The lowest BCUT2D eigenvalue weighted by molar-refractivity contribution is -0.119. The normalized spacial score (nSPS) is 24.7. The Kier molecular flexibility index (Phi) is 11.6. The zero-order chi connectivity index (χ0) is 34.3. The van der Waals surface area contributed by atoms with Gasteiger partial charge >= 0.3 is 0 Å². The van der Waals surface area contributed by atoms with Gasteiger partial charge in [-0.05, 0) is 93.2 Å². The second kappa shape index (κ2) is 16.2. The molecule has 7 rings (SSSR count). The summed E-state index contributed by atoms with van der Waals surface area (Å²) < 4.78 is 0. The number of rotatable bonds is 6. The van der Waals surface area contributed by atoms with Crippen molar-refractivity contribution in [3.63, 3.8) is 0 Å². The van der Waals surface area contributed by atoms with Crippen LogP contribution in [-0.4, -0.2) is 100 Å². The number of aromatic nitrogens is 4. The molecule has 5 aliphatic heterocycles. The molecule has 0 saturated carbocycles. The molecule has 2 atom stereocenters. The lowest BCUT2D eigenvalue weighted by atomic mass is 10.1. The Morgan fingerprint density at radius 3 is 2.37 bits per heavy atom. The maximum atomic E-state index is 11.9. The minimum atomic E-state index is -0.362. The Hall–Kier alpha value is -3.86. The number of hydrogen-bond donors (Lipinski definition) is 3. The Bertz CT molecular complexity index is 1640. The number of likely N-dealkylation sites (N-methyl/N-ethyl adjacent to an activating group) is 1. The lowest BCUT2D eigenvalue weighted by Crippen LogP contribution is -2.44. The van der Waals surface area contributed by atoms with Crippen LogP contribution in [0.4, 0.5) is 22.5 Å². The molecule has 5 saturated heterocycles. The molecule has 5 aliphatic rings. The monoisotopic (exact) mass is 706 g/mol. The van der Waals surface area contributed by atoms with E-state index < -0.39 is 0 Å². The third-order valence-corrected chi connectivity index (χ3v) is 10.7. The van der Waals surface area contributed by atoms with Crippen LogP contribution in [0.1, 0.15) is 62.8 Å². The third kappa shape index (κ3) is 9.23. The second-order valence-corrected chi connectivity index (χ2v) is 14.8. The summed E-state index contributed by atoms with van der Waals surface area (Å²) in [6, 6.07) is 4.17. The minimum absolute atomic E-state index is 0.0184. The summed E-state index contributed by atoms with van der Waals surface area (Å²) in [4.78, 5) is 71.9. The standard InChI is InChI=1S/C19H26N6O2S.C14H16N4O2S/c1-24(14-6-5-7-20-12-14)16-11-13(10-15-17(26)23-19(27)28-15)21-18(22-16)25-8-3-2-4-9-25;15-9-2-1-5-18(8-9)14-16-4-3-10(17-14)6-12-11(19)7-13(20)21-12/h10-11,14,20H,2-9,12H2,1H3,(H,23,26,27);3-4,6,9H,1-2,5,7-8,15H2/b15-10-;12-6-/t;9-/m.1/s1. The van der Waals surface area contributed by atoms with E-state index in [9.17, 15) is 19.2 Å². The van der Waals surface area contributed by atoms with E-state index in [-0.39, 0.29) is 34.5 Å². The van der Waals surface area contributed by atoms with Crippen LogP contribution in [0.5, 0.6) is 0 Å². The van der Waals surface area contributed by atoms with Gasteiger partial charge in [0.25, 0.3) is 11.1 Å². The van der Waals surface area contributed by atoms with Gasteiger partial charge in [-0.25, -0.2) is 15.0 Å². The number of Topliss-reactive ketones (excluding diaryl/α,β-unsaturated/α-hetero) is 1. The van der Waals surface area contributed by atoms with Gasteiger partial charge in [-0.2, -0.15) is 4.98 Å². The second-order valence-electron chi connectivity index (χ2n) is 12.7. The van der Waals surface area contributed by atoms with Crippen LogP contribution >= 0.6 is 23.5 Å². The smallest absolute Gasteiger partial charge is 0.290 e. The predicted octanol–water partition coefficient (Wildman–Crippen LogP) is 2.96. The zero-order valence-corrected chi connectivity index (χ0v) is 29.2. The number of nitrogens with one attached hydrogen (secondary N) is 2. The van der Waals surface area contributed by atoms with Crippen molar-refractivity contribution in [3.05, 3.63) is 39.5 Å². The number of imide groups is 1. The molecule has 0 bridgehead atoms. The van der Waals surface area contributed by atoms with Gasteiger partial charge in [-0.1, -0.05) is 0 Å². The molecule has 0 spiro atoms. The van der Waals surface area contributed by atoms with Gasteiger partial charge in [0.15, 0.2) is 5.78 Å². The first kappa shape index (κ1) is 35.0. The Morgan fingerprint density at radius 2 is 1.67 bits per heavy atom. The van der Waals surface area contributed by atoms with Gasteiger partial charge < -0.3 is 25.8 Å². The maximum absolute atomic E-state index is 11.9. The summed E-state index contributed by atoms with van der Waals surface area (Å²) in [5, 5.41) is 5.30. The van der Waals surface area contributed by atoms with E-state index in [1.165, 1.54) is 6.42 Å². The quantitative estimate of drug-likeness (QED) is 0.295. The summed E-state index contributed by atoms with van der Waals surface area (Å²) in [7, 11) is 2.07. The van der Waals surface area contributed by atoms with Gasteiger partial charge in [-0.15, -0.1) is 0 Å². The van der Waals surface area contributed by atoms with E-state index in [0.29, 0.717) is 39.1 Å². The van der Waals surface area contributed by atoms with Crippen molar-refractivity contribution < 1.29 is 19.2 Å². The van der Waals surface area contributed by atoms with Gasteiger partial charge in [0.2, 0.25) is 17.0 Å². The molecule has 0 radical (unpaired) electrons. The molecule has 5 fully saturated rings. The number of nitrogens with two attached hydrogens (primary N) is 1. The van der Waals surface area contributed by atoms with Crippen molar-refractivity contribution in [3.8, 4) is 0 Å². The molecule has 1 unspecified atom stereocenters. The van der Waals surface area contributed by atoms with Gasteiger partial charge in [0, 0.05) is 64.1 Å². The predicted molar refractivity (Wildman–Crippen MR) is 193 cm³/mol. The molecule has 14 nitrogen and oxygen atoms in total. The highest BCUT2D eigenvalue weighted by Crippen LogP contribution is 2.31. The molecule has 0 aromatic carbocycles. The average Bonchev–Trinajstić information content (AvgIpc) is 3.61. The van der Waals surface area contributed by atoms with Crippen LogP contribution in [0.15, 0.2) is 28.1 Å². The van der Waals surface area contributed by atoms with E-state index in [1.54, 1.807) is 24.4 Å².